The highest BCUT2D eigenvalue weighted by molar-refractivity contribution is 5.89. The van der Waals surface area contributed by atoms with E-state index in [0.717, 1.165) is 12.3 Å². The van der Waals surface area contributed by atoms with Crippen LogP contribution in [0, 0.1) is 13.8 Å². The number of carbonyl (C=O) groups is 1. The van der Waals surface area contributed by atoms with Crippen LogP contribution in [0.2, 0.25) is 0 Å². The van der Waals surface area contributed by atoms with Crippen LogP contribution in [-0.4, -0.2) is 30.8 Å². The van der Waals surface area contributed by atoms with Crippen molar-refractivity contribution in [2.45, 2.75) is 20.2 Å². The number of aryl methyl sites for hydroxylation is 2. The van der Waals surface area contributed by atoms with Crippen LogP contribution in [-0.2, 0) is 0 Å². The third kappa shape index (κ3) is 5.37. The predicted molar refractivity (Wildman–Crippen MR) is 93.0 cm³/mol. The van der Waals surface area contributed by atoms with Gasteiger partial charge in [-0.3, -0.25) is 4.99 Å². The zero-order valence-electron chi connectivity index (χ0n) is 14.7. The number of nitrogens with zero attached hydrogens (tertiary/aromatic N) is 1. The van der Waals surface area contributed by atoms with Gasteiger partial charge in [0.05, 0.1) is 11.3 Å². The second-order valence-corrected chi connectivity index (χ2v) is 5.54. The van der Waals surface area contributed by atoms with Gasteiger partial charge in [-0.05, 0) is 49.2 Å². The van der Waals surface area contributed by atoms with E-state index in [4.69, 9.17) is 4.74 Å². The summed E-state index contributed by atoms with van der Waals surface area (Å²) in [4.78, 5) is 15.5. The van der Waals surface area contributed by atoms with Crippen LogP contribution in [0.4, 0.5) is 23.7 Å². The molecular formula is C18H17F3N2O4. The van der Waals surface area contributed by atoms with Crippen molar-refractivity contribution in [1.82, 2.24) is 5.32 Å². The Morgan fingerprint density at radius 2 is 1.85 bits per heavy atom. The number of ether oxygens (including phenoxy) is 2. The molecule has 1 amide bonds. The molecule has 0 heterocycles. The molecule has 2 aromatic rings. The minimum atomic E-state index is -4.90. The van der Waals surface area contributed by atoms with Crippen LogP contribution in [0.25, 0.3) is 0 Å². The number of hydrogen-bond acceptors (Lipinski definition) is 5. The Hall–Kier alpha value is -3.23. The molecule has 0 spiro atoms. The molecule has 144 valence electrons. The number of amides is 1. The third-order valence-electron chi connectivity index (χ3n) is 3.47. The van der Waals surface area contributed by atoms with E-state index in [1.807, 2.05) is 0 Å². The molecule has 0 radical (unpaired) electrons. The van der Waals surface area contributed by atoms with Gasteiger partial charge in [0.1, 0.15) is 17.2 Å². The van der Waals surface area contributed by atoms with Crippen LogP contribution in [0.3, 0.4) is 0 Å². The second kappa shape index (κ2) is 7.98. The molecule has 0 saturated heterocycles. The summed E-state index contributed by atoms with van der Waals surface area (Å²) < 4.78 is 46.6. The molecule has 0 aliphatic heterocycles. The molecule has 2 N–H and O–H groups in total. The van der Waals surface area contributed by atoms with Crippen molar-refractivity contribution < 1.29 is 32.5 Å². The summed E-state index contributed by atoms with van der Waals surface area (Å²) in [6.07, 6.45) is -4.44. The SMILES string of the molecule is CNC(=O)Oc1cc(C)c(/N=C/c2c(O)cccc2OC(F)(F)F)c(C)c1. The topological polar surface area (TPSA) is 80.2 Å². The van der Waals surface area contributed by atoms with Gasteiger partial charge in [0.25, 0.3) is 0 Å². The van der Waals surface area contributed by atoms with Gasteiger partial charge in [-0.15, -0.1) is 13.2 Å². The van der Waals surface area contributed by atoms with Crippen LogP contribution >= 0.6 is 0 Å². The minimum Gasteiger partial charge on any atom is -0.507 e. The average molecular weight is 382 g/mol. The number of hydrogen-bond donors (Lipinski definition) is 2. The van der Waals surface area contributed by atoms with E-state index in [-0.39, 0.29) is 5.56 Å². The minimum absolute atomic E-state index is 0.209. The summed E-state index contributed by atoms with van der Waals surface area (Å²) >= 11 is 0. The molecule has 0 atom stereocenters. The lowest BCUT2D eigenvalue weighted by atomic mass is 10.1. The van der Waals surface area contributed by atoms with Crippen molar-refractivity contribution in [3.63, 3.8) is 0 Å². The van der Waals surface area contributed by atoms with Crippen molar-refractivity contribution in [2.24, 2.45) is 4.99 Å². The van der Waals surface area contributed by atoms with E-state index in [2.05, 4.69) is 15.0 Å². The van der Waals surface area contributed by atoms with E-state index in [9.17, 15) is 23.1 Å². The number of rotatable bonds is 4. The number of phenolic OH excluding ortho intramolecular Hbond substituents is 1. The highest BCUT2D eigenvalue weighted by Gasteiger charge is 2.32. The smallest absolute Gasteiger partial charge is 0.507 e. The van der Waals surface area contributed by atoms with E-state index < -0.39 is 24.0 Å². The predicted octanol–water partition coefficient (Wildman–Crippen LogP) is 4.38. The molecular weight excluding hydrogens is 365 g/mol. The summed E-state index contributed by atoms with van der Waals surface area (Å²) in [6, 6.07) is 6.66. The maximum Gasteiger partial charge on any atom is 0.573 e. The molecule has 27 heavy (non-hydrogen) atoms. The van der Waals surface area contributed by atoms with Crippen LogP contribution in [0.15, 0.2) is 35.3 Å². The highest BCUT2D eigenvalue weighted by atomic mass is 19.4. The molecule has 2 aromatic carbocycles. The zero-order chi connectivity index (χ0) is 20.2. The number of carbonyl (C=O) groups excluding carboxylic acids is 1. The first-order valence-corrected chi connectivity index (χ1v) is 7.73. The number of halogens is 3. The maximum atomic E-state index is 12.5. The first-order valence-electron chi connectivity index (χ1n) is 7.73. The van der Waals surface area contributed by atoms with Gasteiger partial charge in [0.15, 0.2) is 0 Å². The first kappa shape index (κ1) is 20.1. The fourth-order valence-electron chi connectivity index (χ4n) is 2.34. The molecule has 9 heteroatoms. The van der Waals surface area contributed by atoms with Gasteiger partial charge in [0.2, 0.25) is 0 Å². The third-order valence-corrected chi connectivity index (χ3v) is 3.47. The Morgan fingerprint density at radius 3 is 2.41 bits per heavy atom. The lowest BCUT2D eigenvalue weighted by Crippen LogP contribution is -2.22. The van der Waals surface area contributed by atoms with E-state index in [1.54, 1.807) is 26.0 Å². The summed E-state index contributed by atoms with van der Waals surface area (Å²) in [5, 5.41) is 12.2. The molecule has 0 unspecified atom stereocenters. The van der Waals surface area contributed by atoms with Gasteiger partial charge in [-0.1, -0.05) is 6.07 Å². The van der Waals surface area contributed by atoms with Gasteiger partial charge in [-0.2, -0.15) is 0 Å². The largest absolute Gasteiger partial charge is 0.573 e. The lowest BCUT2D eigenvalue weighted by Gasteiger charge is -2.12. The fourth-order valence-corrected chi connectivity index (χ4v) is 2.34. The first-order chi connectivity index (χ1) is 12.6. The van der Waals surface area contributed by atoms with Crippen molar-refractivity contribution in [3.8, 4) is 17.2 Å². The van der Waals surface area contributed by atoms with E-state index in [0.29, 0.717) is 22.6 Å². The van der Waals surface area contributed by atoms with Gasteiger partial charge in [0, 0.05) is 13.3 Å². The zero-order valence-corrected chi connectivity index (χ0v) is 14.7. The summed E-state index contributed by atoms with van der Waals surface area (Å²) in [5.74, 6) is -0.677. The van der Waals surface area contributed by atoms with Crippen molar-refractivity contribution in [3.05, 3.63) is 47.0 Å². The molecule has 0 bridgehead atoms. The Balaban J connectivity index is 2.37. The summed E-state index contributed by atoms with van der Waals surface area (Å²) in [5.41, 5.74) is 1.50. The lowest BCUT2D eigenvalue weighted by molar-refractivity contribution is -0.274. The standard InChI is InChI=1S/C18H17F3N2O4/c1-10-7-12(26-17(25)22-3)8-11(2)16(10)23-9-13-14(24)5-4-6-15(13)27-18(19,20)21/h4-9,24H,1-3H3,(H,22,25)/b23-9+. The number of nitrogens with one attached hydrogen (secondary N) is 1. The molecule has 0 saturated carbocycles. The average Bonchev–Trinajstić information content (AvgIpc) is 2.54. The maximum absolute atomic E-state index is 12.5. The Labute approximate surface area is 153 Å². The Bertz CT molecular complexity index is 856. The normalized spacial score (nSPS) is 11.5. The van der Waals surface area contributed by atoms with Gasteiger partial charge >= 0.3 is 12.5 Å². The molecule has 0 aromatic heterocycles. The molecule has 0 aliphatic carbocycles. The highest BCUT2D eigenvalue weighted by Crippen LogP contribution is 2.33. The van der Waals surface area contributed by atoms with E-state index in [1.165, 1.54) is 19.2 Å². The number of alkyl halides is 3. The van der Waals surface area contributed by atoms with Crippen molar-refractivity contribution in [2.75, 3.05) is 7.05 Å². The van der Waals surface area contributed by atoms with Crippen molar-refractivity contribution in [1.29, 1.82) is 0 Å². The van der Waals surface area contributed by atoms with Crippen LogP contribution < -0.4 is 14.8 Å². The molecule has 0 fully saturated rings. The van der Waals surface area contributed by atoms with E-state index >= 15 is 0 Å². The molecule has 2 rings (SSSR count). The van der Waals surface area contributed by atoms with Crippen LogP contribution in [0.1, 0.15) is 16.7 Å². The van der Waals surface area contributed by atoms with Gasteiger partial charge in [-0.25, -0.2) is 4.79 Å². The van der Waals surface area contributed by atoms with Crippen molar-refractivity contribution >= 4 is 18.0 Å². The Morgan fingerprint density at radius 1 is 1.22 bits per heavy atom. The summed E-state index contributed by atoms with van der Waals surface area (Å²) in [6.45, 7) is 3.41. The quantitative estimate of drug-likeness (QED) is 0.770. The number of benzene rings is 2. The number of phenols is 1. The monoisotopic (exact) mass is 382 g/mol. The fraction of sp³-hybridized carbons (Fsp3) is 0.222. The van der Waals surface area contributed by atoms with Crippen LogP contribution in [0.5, 0.6) is 17.2 Å². The van der Waals surface area contributed by atoms with Gasteiger partial charge < -0.3 is 19.9 Å². The second-order valence-electron chi connectivity index (χ2n) is 5.54. The summed E-state index contributed by atoms with van der Waals surface area (Å²) in [7, 11) is 1.42. The molecule has 0 aliphatic rings. The number of aliphatic imine (C=N–C) groups is 1. The Kier molecular flexibility index (Phi) is 5.94. The molecule has 6 nitrogen and oxygen atoms in total. The number of aromatic hydroxyl groups is 1.